The monoisotopic (exact) mass is 264 g/mol. The van der Waals surface area contributed by atoms with Crippen molar-refractivity contribution in [2.24, 2.45) is 5.84 Å². The highest BCUT2D eigenvalue weighted by atomic mass is 16.5. The Bertz CT molecular complexity index is 455. The van der Waals surface area contributed by atoms with Gasteiger partial charge in [-0.2, -0.15) is 0 Å². The summed E-state index contributed by atoms with van der Waals surface area (Å²) in [7, 11) is 4.72. The molecule has 1 aromatic carbocycles. The normalized spacial score (nSPS) is 11.5. The molecule has 1 aromatic rings. The molecule has 104 valence electrons. The van der Waals surface area contributed by atoms with Gasteiger partial charge in [0.05, 0.1) is 27.4 Å². The highest BCUT2D eigenvalue weighted by Gasteiger charge is 2.21. The second-order valence-electron chi connectivity index (χ2n) is 3.89. The van der Waals surface area contributed by atoms with Crippen LogP contribution in [0.4, 0.5) is 0 Å². The summed E-state index contributed by atoms with van der Waals surface area (Å²) in [6, 6.07) is 3.60. The fourth-order valence-electron chi connectivity index (χ4n) is 1.96. The molecule has 0 bridgehead atoms. The second-order valence-corrected chi connectivity index (χ2v) is 3.89. The Kier molecular flexibility index (Phi) is 6.00. The summed E-state index contributed by atoms with van der Waals surface area (Å²) < 4.78 is 16.0. The molecule has 0 spiro atoms. The van der Waals surface area contributed by atoms with Crippen LogP contribution in [0, 0.1) is 12.3 Å². The van der Waals surface area contributed by atoms with Crippen LogP contribution in [0.3, 0.4) is 0 Å². The largest absolute Gasteiger partial charge is 0.493 e. The molecule has 0 saturated carbocycles. The van der Waals surface area contributed by atoms with E-state index in [4.69, 9.17) is 26.5 Å². The predicted molar refractivity (Wildman–Crippen MR) is 74.2 cm³/mol. The van der Waals surface area contributed by atoms with Crippen molar-refractivity contribution >= 4 is 0 Å². The van der Waals surface area contributed by atoms with Crippen molar-refractivity contribution in [3.8, 4) is 29.6 Å². The van der Waals surface area contributed by atoms with Crippen LogP contribution in [0.15, 0.2) is 12.1 Å². The molecule has 1 atom stereocenters. The van der Waals surface area contributed by atoms with E-state index >= 15 is 0 Å². The molecule has 0 aliphatic carbocycles. The van der Waals surface area contributed by atoms with E-state index in [0.29, 0.717) is 30.1 Å². The van der Waals surface area contributed by atoms with Crippen LogP contribution in [0.25, 0.3) is 0 Å². The lowest BCUT2D eigenvalue weighted by molar-refractivity contribution is 0.318. The first-order valence-electron chi connectivity index (χ1n) is 5.91. The first-order valence-corrected chi connectivity index (χ1v) is 5.91. The summed E-state index contributed by atoms with van der Waals surface area (Å²) in [6.45, 7) is 0. The van der Waals surface area contributed by atoms with Crippen molar-refractivity contribution in [1.29, 1.82) is 0 Å². The molecule has 0 aliphatic heterocycles. The van der Waals surface area contributed by atoms with Crippen molar-refractivity contribution < 1.29 is 14.2 Å². The average Bonchev–Trinajstić information content (AvgIpc) is 2.46. The fraction of sp³-hybridized carbons (Fsp3) is 0.429. The van der Waals surface area contributed by atoms with Crippen molar-refractivity contribution in [1.82, 2.24) is 5.43 Å². The summed E-state index contributed by atoms with van der Waals surface area (Å²) in [5.74, 6) is 9.93. The van der Waals surface area contributed by atoms with Gasteiger partial charge in [0.2, 0.25) is 5.75 Å². The van der Waals surface area contributed by atoms with Gasteiger partial charge in [0.15, 0.2) is 11.5 Å². The molecule has 19 heavy (non-hydrogen) atoms. The maximum Gasteiger partial charge on any atom is 0.203 e. The van der Waals surface area contributed by atoms with Gasteiger partial charge in [0, 0.05) is 12.0 Å². The molecule has 0 amide bonds. The van der Waals surface area contributed by atoms with E-state index in [1.807, 2.05) is 12.1 Å². The summed E-state index contributed by atoms with van der Waals surface area (Å²) in [4.78, 5) is 0. The number of hydrogen-bond donors (Lipinski definition) is 2. The quantitative estimate of drug-likeness (QED) is 0.445. The van der Waals surface area contributed by atoms with Crippen LogP contribution in [0.1, 0.15) is 24.4 Å². The number of hydrazine groups is 1. The van der Waals surface area contributed by atoms with E-state index in [-0.39, 0.29) is 6.04 Å². The molecule has 5 nitrogen and oxygen atoms in total. The fourth-order valence-corrected chi connectivity index (χ4v) is 1.96. The van der Waals surface area contributed by atoms with Gasteiger partial charge in [0.1, 0.15) is 0 Å². The number of ether oxygens (including phenoxy) is 3. The van der Waals surface area contributed by atoms with Crippen LogP contribution in [0.5, 0.6) is 17.2 Å². The minimum atomic E-state index is -0.106. The summed E-state index contributed by atoms with van der Waals surface area (Å²) in [5, 5.41) is 0. The highest BCUT2D eigenvalue weighted by molar-refractivity contribution is 5.56. The van der Waals surface area contributed by atoms with Crippen LogP contribution in [0.2, 0.25) is 0 Å². The molecular weight excluding hydrogens is 244 g/mol. The molecular formula is C14H20N2O3. The van der Waals surface area contributed by atoms with Crippen molar-refractivity contribution in [2.75, 3.05) is 21.3 Å². The van der Waals surface area contributed by atoms with E-state index in [1.54, 1.807) is 21.3 Å². The Labute approximate surface area is 114 Å². The number of rotatable bonds is 7. The van der Waals surface area contributed by atoms with Gasteiger partial charge in [-0.15, -0.1) is 12.3 Å². The van der Waals surface area contributed by atoms with Crippen molar-refractivity contribution in [3.63, 3.8) is 0 Å². The van der Waals surface area contributed by atoms with Gasteiger partial charge >= 0.3 is 0 Å². The lowest BCUT2D eigenvalue weighted by Crippen LogP contribution is -2.28. The van der Waals surface area contributed by atoms with Gasteiger partial charge in [-0.3, -0.25) is 11.3 Å². The summed E-state index contributed by atoms with van der Waals surface area (Å²) in [6.07, 6.45) is 6.61. The van der Waals surface area contributed by atoms with E-state index in [9.17, 15) is 0 Å². The van der Waals surface area contributed by atoms with E-state index in [2.05, 4.69) is 11.3 Å². The summed E-state index contributed by atoms with van der Waals surface area (Å²) in [5.41, 5.74) is 3.63. The Hall–Kier alpha value is -1.90. The lowest BCUT2D eigenvalue weighted by Gasteiger charge is -2.21. The molecule has 0 aromatic heterocycles. The molecule has 1 unspecified atom stereocenters. The van der Waals surface area contributed by atoms with Crippen LogP contribution < -0.4 is 25.5 Å². The third kappa shape index (κ3) is 3.31. The van der Waals surface area contributed by atoms with Crippen LogP contribution in [-0.2, 0) is 0 Å². The molecule has 3 N–H and O–H groups in total. The van der Waals surface area contributed by atoms with E-state index < -0.39 is 0 Å². The number of hydrogen-bond acceptors (Lipinski definition) is 5. The van der Waals surface area contributed by atoms with E-state index in [0.717, 1.165) is 5.56 Å². The van der Waals surface area contributed by atoms with Crippen molar-refractivity contribution in [2.45, 2.75) is 18.9 Å². The third-order valence-electron chi connectivity index (χ3n) is 2.89. The molecule has 0 saturated heterocycles. The highest BCUT2D eigenvalue weighted by Crippen LogP contribution is 2.42. The summed E-state index contributed by atoms with van der Waals surface area (Å²) >= 11 is 0. The number of nitrogens with two attached hydrogens (primary N) is 1. The topological polar surface area (TPSA) is 65.7 Å². The van der Waals surface area contributed by atoms with Gasteiger partial charge < -0.3 is 14.2 Å². The average molecular weight is 264 g/mol. The Morgan fingerprint density at radius 1 is 1.21 bits per heavy atom. The number of benzene rings is 1. The molecule has 0 heterocycles. The first-order chi connectivity index (χ1) is 9.23. The molecule has 0 fully saturated rings. The third-order valence-corrected chi connectivity index (χ3v) is 2.89. The van der Waals surface area contributed by atoms with Crippen molar-refractivity contribution in [3.05, 3.63) is 17.7 Å². The second kappa shape index (κ2) is 7.52. The van der Waals surface area contributed by atoms with Crippen LogP contribution in [-0.4, -0.2) is 21.3 Å². The Morgan fingerprint density at radius 2 is 1.89 bits per heavy atom. The maximum absolute atomic E-state index is 5.59. The Morgan fingerprint density at radius 3 is 2.37 bits per heavy atom. The molecule has 5 heteroatoms. The number of terminal acetylenes is 1. The molecule has 0 aliphatic rings. The van der Waals surface area contributed by atoms with Gasteiger partial charge in [-0.1, -0.05) is 0 Å². The van der Waals surface area contributed by atoms with Crippen LogP contribution >= 0.6 is 0 Å². The zero-order valence-corrected chi connectivity index (χ0v) is 11.5. The lowest BCUT2D eigenvalue weighted by atomic mass is 10.0. The number of methoxy groups -OCH3 is 3. The number of nitrogens with one attached hydrogen (secondary N) is 1. The SMILES string of the molecule is C#CCCC(NN)c1ccc(OC)c(OC)c1OC. The smallest absolute Gasteiger partial charge is 0.203 e. The standard InChI is InChI=1S/C14H20N2O3/c1-5-6-7-11(16-15)10-8-9-12(17-2)14(19-4)13(10)18-3/h1,8-9,11,16H,6-7,15H2,2-4H3. The Balaban J connectivity index is 3.22. The minimum absolute atomic E-state index is 0.106. The van der Waals surface area contributed by atoms with E-state index in [1.165, 1.54) is 0 Å². The van der Waals surface area contributed by atoms with Gasteiger partial charge in [-0.25, -0.2) is 0 Å². The first kappa shape index (κ1) is 15.2. The maximum atomic E-state index is 5.59. The zero-order chi connectivity index (χ0) is 14.3. The molecule has 1 rings (SSSR count). The minimum Gasteiger partial charge on any atom is -0.493 e. The predicted octanol–water partition coefficient (Wildman–Crippen LogP) is 1.63. The van der Waals surface area contributed by atoms with Gasteiger partial charge in [0.25, 0.3) is 0 Å². The molecule has 0 radical (unpaired) electrons. The zero-order valence-electron chi connectivity index (χ0n) is 11.5. The van der Waals surface area contributed by atoms with Gasteiger partial charge in [-0.05, 0) is 18.6 Å².